The summed E-state index contributed by atoms with van der Waals surface area (Å²) in [6, 6.07) is 8.06. The predicted octanol–water partition coefficient (Wildman–Crippen LogP) is 1.35. The number of aliphatic carboxylic acids is 1. The van der Waals surface area contributed by atoms with Gasteiger partial charge in [-0.1, -0.05) is 30.3 Å². The van der Waals surface area contributed by atoms with Crippen molar-refractivity contribution < 1.29 is 48.0 Å². The first-order valence-corrected chi connectivity index (χ1v) is 14.9. The molecule has 18 heteroatoms. The number of carbonyl (C=O) groups is 4. The lowest BCUT2D eigenvalue weighted by molar-refractivity contribution is -0.145. The molecule has 1 atom stereocenters. The Balaban J connectivity index is 1.73. The molecule has 3 rings (SSSR count). The highest BCUT2D eigenvalue weighted by Gasteiger charge is 2.26. The Kier molecular flexibility index (Phi) is 14.3. The number of alkyl carbamates (subject to hydrolysis) is 1. The van der Waals surface area contributed by atoms with Gasteiger partial charge in [0.15, 0.2) is 11.2 Å². The van der Waals surface area contributed by atoms with Gasteiger partial charge in [0.05, 0.1) is 45.4 Å². The van der Waals surface area contributed by atoms with E-state index in [9.17, 15) is 29.1 Å². The van der Waals surface area contributed by atoms with E-state index < -0.39 is 54.4 Å². The summed E-state index contributed by atoms with van der Waals surface area (Å²) >= 11 is 0. The van der Waals surface area contributed by atoms with Crippen LogP contribution in [0.25, 0.3) is 11.2 Å². The number of nitrogens with one attached hydrogen (secondary N) is 3. The number of aromatic nitrogens is 4. The molecule has 2 aromatic heterocycles. The van der Waals surface area contributed by atoms with E-state index in [1.165, 1.54) is 10.9 Å². The fourth-order valence-corrected chi connectivity index (χ4v) is 4.12. The number of rotatable bonds is 18. The molecule has 4 N–H and O–H groups in total. The molecule has 0 aliphatic heterocycles. The first-order valence-electron chi connectivity index (χ1n) is 14.9. The van der Waals surface area contributed by atoms with Crippen LogP contribution >= 0.6 is 0 Å². The van der Waals surface area contributed by atoms with Crippen molar-refractivity contribution in [3.8, 4) is 0 Å². The van der Waals surface area contributed by atoms with Gasteiger partial charge >= 0.3 is 18.2 Å². The molecule has 0 aliphatic rings. The number of fused-ring (bicyclic) bond motifs is 1. The van der Waals surface area contributed by atoms with E-state index in [4.69, 9.17) is 23.7 Å². The van der Waals surface area contributed by atoms with E-state index in [-0.39, 0.29) is 50.1 Å². The predicted molar refractivity (Wildman–Crippen MR) is 169 cm³/mol. The third-order valence-corrected chi connectivity index (χ3v) is 6.18. The highest BCUT2D eigenvalue weighted by atomic mass is 16.6. The second-order valence-corrected chi connectivity index (χ2v) is 11.3. The first-order chi connectivity index (χ1) is 22.8. The summed E-state index contributed by atoms with van der Waals surface area (Å²) < 4.78 is 27.6. The van der Waals surface area contributed by atoms with Gasteiger partial charge in [0.1, 0.15) is 25.3 Å². The topological polar surface area (TPSA) is 226 Å². The first kappa shape index (κ1) is 37.4. The van der Waals surface area contributed by atoms with E-state index in [1.807, 2.05) is 6.07 Å². The molecule has 0 fully saturated rings. The molecular formula is C30H41N7O11. The number of carbonyl (C=O) groups excluding carboxylic acids is 3. The molecule has 262 valence electrons. The number of imidazole rings is 1. The summed E-state index contributed by atoms with van der Waals surface area (Å²) in [6.07, 6.45) is -0.491. The van der Waals surface area contributed by atoms with Crippen LogP contribution in [0.1, 0.15) is 26.3 Å². The lowest BCUT2D eigenvalue weighted by Crippen LogP contribution is -2.51. The number of nitrogens with zero attached hydrogens (tertiary/aromatic N) is 4. The number of H-pyrrole nitrogens is 1. The fourth-order valence-electron chi connectivity index (χ4n) is 4.12. The summed E-state index contributed by atoms with van der Waals surface area (Å²) in [4.78, 5) is 74.4. The second-order valence-electron chi connectivity index (χ2n) is 11.3. The van der Waals surface area contributed by atoms with Crippen LogP contribution in [-0.4, -0.2) is 118 Å². The van der Waals surface area contributed by atoms with Crippen molar-refractivity contribution in [3.05, 3.63) is 52.6 Å². The molecule has 0 radical (unpaired) electrons. The van der Waals surface area contributed by atoms with E-state index in [1.54, 1.807) is 52.1 Å². The highest BCUT2D eigenvalue weighted by molar-refractivity contribution is 5.85. The zero-order chi connectivity index (χ0) is 35.1. The number of carboxylic acid groups (broad SMARTS) is 1. The van der Waals surface area contributed by atoms with Gasteiger partial charge in [0.2, 0.25) is 11.9 Å². The minimum Gasteiger partial charge on any atom is -0.480 e. The van der Waals surface area contributed by atoms with Gasteiger partial charge in [-0.3, -0.25) is 24.7 Å². The lowest BCUT2D eigenvalue weighted by atomic mass is 10.2. The Bertz CT molecular complexity index is 1570. The molecule has 0 spiro atoms. The zero-order valence-electron chi connectivity index (χ0n) is 27.2. The Morgan fingerprint density at radius 2 is 1.75 bits per heavy atom. The second kappa shape index (κ2) is 18.3. The largest absolute Gasteiger partial charge is 0.480 e. The molecule has 3 amide bonds. The van der Waals surface area contributed by atoms with Crippen molar-refractivity contribution >= 4 is 41.2 Å². The number of hydrogen-bond donors (Lipinski definition) is 4. The number of carboxylic acids is 1. The molecular weight excluding hydrogens is 634 g/mol. The number of aromatic amines is 1. The standard InChI is InChI=1S/C30H41N7O11/c1-30(2,3)48-29(43)32-21(18-46-13-12-45-11-10-44-4)14-36(16-23(39)40)22(38)15-37-19-31-24-25(37)33-27(34-26(24)41)35-28(42)47-17-20-8-6-5-7-9-20/h5-9,19,21H,10-18H2,1-4H3,(H,32,43)(H,39,40)(H2,33,34,35,41,42)/t21-/m1/s1. The van der Waals surface area contributed by atoms with Crippen LogP contribution in [0.2, 0.25) is 0 Å². The molecule has 0 bridgehead atoms. The molecule has 3 aromatic rings. The molecule has 0 unspecified atom stereocenters. The quantitative estimate of drug-likeness (QED) is 0.140. The van der Waals surface area contributed by atoms with Gasteiger partial charge < -0.3 is 43.6 Å². The van der Waals surface area contributed by atoms with Crippen molar-refractivity contribution in [2.75, 3.05) is 58.6 Å². The fraction of sp³-hybridized carbons (Fsp3) is 0.500. The molecule has 0 aliphatic carbocycles. The average Bonchev–Trinajstić information content (AvgIpc) is 3.41. The van der Waals surface area contributed by atoms with E-state index >= 15 is 0 Å². The number of amides is 3. The van der Waals surface area contributed by atoms with Gasteiger partial charge in [-0.05, 0) is 26.3 Å². The number of benzene rings is 1. The molecule has 0 saturated heterocycles. The minimum atomic E-state index is -1.31. The van der Waals surface area contributed by atoms with E-state index in [0.717, 1.165) is 10.5 Å². The maximum Gasteiger partial charge on any atom is 0.414 e. The Labute approximate surface area is 275 Å². The summed E-state index contributed by atoms with van der Waals surface area (Å²) in [6.45, 7) is 4.61. The third-order valence-electron chi connectivity index (χ3n) is 6.18. The van der Waals surface area contributed by atoms with Crippen LogP contribution in [-0.2, 0) is 46.4 Å². The average molecular weight is 676 g/mol. The van der Waals surface area contributed by atoms with E-state index in [0.29, 0.717) is 13.2 Å². The van der Waals surface area contributed by atoms with Crippen molar-refractivity contribution in [1.82, 2.24) is 29.7 Å². The summed E-state index contributed by atoms with van der Waals surface area (Å²) in [5.41, 5.74) is -0.950. The van der Waals surface area contributed by atoms with Crippen LogP contribution in [0, 0.1) is 0 Å². The molecule has 0 saturated carbocycles. The van der Waals surface area contributed by atoms with E-state index in [2.05, 4.69) is 25.6 Å². The molecule has 2 heterocycles. The van der Waals surface area contributed by atoms with Gasteiger partial charge in [-0.2, -0.15) is 4.98 Å². The smallest absolute Gasteiger partial charge is 0.414 e. The van der Waals surface area contributed by atoms with Crippen LogP contribution in [0.4, 0.5) is 15.5 Å². The van der Waals surface area contributed by atoms with Crippen molar-refractivity contribution in [2.45, 2.75) is 45.6 Å². The van der Waals surface area contributed by atoms with Crippen LogP contribution in [0.5, 0.6) is 0 Å². The van der Waals surface area contributed by atoms with Crippen LogP contribution in [0.15, 0.2) is 41.5 Å². The number of anilines is 1. The maximum absolute atomic E-state index is 13.5. The Morgan fingerprint density at radius 1 is 1.04 bits per heavy atom. The molecule has 18 nitrogen and oxygen atoms in total. The molecule has 48 heavy (non-hydrogen) atoms. The monoisotopic (exact) mass is 675 g/mol. The SMILES string of the molecule is COCCOCCOC[C@@H](CN(CC(=O)O)C(=O)Cn1cnc2c(=O)[nH]c(NC(=O)OCc3ccccc3)nc21)NC(=O)OC(C)(C)C. The van der Waals surface area contributed by atoms with Crippen LogP contribution < -0.4 is 16.2 Å². The number of methoxy groups -OCH3 is 1. The summed E-state index contributed by atoms with van der Waals surface area (Å²) in [5.74, 6) is -2.26. The number of ether oxygens (including phenoxy) is 5. The van der Waals surface area contributed by atoms with Gasteiger partial charge in [-0.25, -0.2) is 14.6 Å². The third kappa shape index (κ3) is 13.0. The Morgan fingerprint density at radius 3 is 2.44 bits per heavy atom. The zero-order valence-corrected chi connectivity index (χ0v) is 27.2. The summed E-state index contributed by atoms with van der Waals surface area (Å²) in [7, 11) is 1.55. The highest BCUT2D eigenvalue weighted by Crippen LogP contribution is 2.11. The van der Waals surface area contributed by atoms with Crippen molar-refractivity contribution in [1.29, 1.82) is 0 Å². The molecule has 1 aromatic carbocycles. The summed E-state index contributed by atoms with van der Waals surface area (Å²) in [5, 5.41) is 14.5. The number of hydrogen-bond acceptors (Lipinski definition) is 12. The normalized spacial score (nSPS) is 11.9. The minimum absolute atomic E-state index is 0.0258. The Hall–Kier alpha value is -5.07. The van der Waals surface area contributed by atoms with Gasteiger partial charge in [0.25, 0.3) is 5.56 Å². The van der Waals surface area contributed by atoms with Crippen LogP contribution in [0.3, 0.4) is 0 Å². The van der Waals surface area contributed by atoms with Gasteiger partial charge in [0, 0.05) is 13.7 Å². The lowest BCUT2D eigenvalue weighted by Gasteiger charge is -2.28. The van der Waals surface area contributed by atoms with Crippen molar-refractivity contribution in [2.24, 2.45) is 0 Å². The van der Waals surface area contributed by atoms with Gasteiger partial charge in [-0.15, -0.1) is 0 Å². The maximum atomic E-state index is 13.5. The van der Waals surface area contributed by atoms with Crippen molar-refractivity contribution in [3.63, 3.8) is 0 Å².